The number of carbonyl (C=O) groups is 1. The minimum absolute atomic E-state index is 0.0697. The first-order valence-electron chi connectivity index (χ1n) is 23.1. The number of carbonyl (C=O) groups excluding carboxylic acids is 1. The summed E-state index contributed by atoms with van der Waals surface area (Å²) in [4.78, 5) is 12.4. The van der Waals surface area contributed by atoms with Gasteiger partial charge in [0, 0.05) is 6.42 Å². The van der Waals surface area contributed by atoms with Gasteiger partial charge in [-0.05, 0) is 44.9 Å². The lowest BCUT2D eigenvalue weighted by Gasteiger charge is -2.20. The lowest BCUT2D eigenvalue weighted by molar-refractivity contribution is -0.123. The van der Waals surface area contributed by atoms with Crippen LogP contribution in [0.15, 0.2) is 24.3 Å². The molecule has 0 aromatic heterocycles. The number of hydrogen-bond donors (Lipinski definition) is 3. The molecule has 0 spiro atoms. The Balaban J connectivity index is 3.55. The Morgan fingerprint density at radius 1 is 0.451 bits per heavy atom. The Bertz CT molecular complexity index is 735. The molecule has 0 aromatic rings. The van der Waals surface area contributed by atoms with E-state index in [1.54, 1.807) is 6.08 Å². The molecule has 0 saturated carbocycles. The molecule has 0 aliphatic rings. The molecule has 302 valence electrons. The van der Waals surface area contributed by atoms with Crippen molar-refractivity contribution in [2.45, 2.75) is 264 Å². The Morgan fingerprint density at radius 2 is 0.745 bits per heavy atom. The summed E-state index contributed by atoms with van der Waals surface area (Å²) in [5.74, 6) is -0.0697. The number of aliphatic hydroxyl groups excluding tert-OH is 2. The molecule has 4 nitrogen and oxygen atoms in total. The van der Waals surface area contributed by atoms with Gasteiger partial charge in [0.1, 0.15) is 0 Å². The number of unbranched alkanes of at least 4 members (excludes halogenated alkanes) is 33. The fourth-order valence-electron chi connectivity index (χ4n) is 7.11. The van der Waals surface area contributed by atoms with Gasteiger partial charge >= 0.3 is 0 Å². The van der Waals surface area contributed by atoms with E-state index >= 15 is 0 Å². The minimum Gasteiger partial charge on any atom is -0.394 e. The molecule has 2 unspecified atom stereocenters. The van der Waals surface area contributed by atoms with Gasteiger partial charge in [0.15, 0.2) is 0 Å². The van der Waals surface area contributed by atoms with Crippen molar-refractivity contribution in [3.05, 3.63) is 24.3 Å². The molecule has 0 heterocycles. The molecule has 0 saturated heterocycles. The lowest BCUT2D eigenvalue weighted by atomic mass is 10.0. The smallest absolute Gasteiger partial charge is 0.220 e. The summed E-state index contributed by atoms with van der Waals surface area (Å²) in [5.41, 5.74) is 0. The number of amides is 1. The van der Waals surface area contributed by atoms with Crippen molar-refractivity contribution in [2.24, 2.45) is 0 Å². The predicted molar refractivity (Wildman–Crippen MR) is 225 cm³/mol. The molecule has 0 radical (unpaired) electrons. The molecule has 2 atom stereocenters. The highest BCUT2D eigenvalue weighted by atomic mass is 16.3. The first kappa shape index (κ1) is 49.9. The molecule has 0 rings (SSSR count). The van der Waals surface area contributed by atoms with Crippen LogP contribution < -0.4 is 5.32 Å². The first-order chi connectivity index (χ1) is 25.2. The van der Waals surface area contributed by atoms with E-state index in [0.717, 1.165) is 32.1 Å². The molecule has 0 aromatic carbocycles. The van der Waals surface area contributed by atoms with Crippen molar-refractivity contribution in [1.82, 2.24) is 5.32 Å². The normalized spacial score (nSPS) is 13.1. The van der Waals surface area contributed by atoms with Crippen LogP contribution in [0.5, 0.6) is 0 Å². The van der Waals surface area contributed by atoms with E-state index < -0.39 is 12.1 Å². The number of aliphatic hydroxyl groups is 2. The molecule has 0 bridgehead atoms. The zero-order valence-corrected chi connectivity index (χ0v) is 34.6. The van der Waals surface area contributed by atoms with Gasteiger partial charge in [-0.3, -0.25) is 4.79 Å². The van der Waals surface area contributed by atoms with Crippen LogP contribution in [0.4, 0.5) is 0 Å². The van der Waals surface area contributed by atoms with Crippen molar-refractivity contribution < 1.29 is 15.0 Å². The van der Waals surface area contributed by atoms with Crippen molar-refractivity contribution in [3.63, 3.8) is 0 Å². The van der Waals surface area contributed by atoms with Gasteiger partial charge < -0.3 is 15.5 Å². The fourth-order valence-corrected chi connectivity index (χ4v) is 7.11. The highest BCUT2D eigenvalue weighted by Gasteiger charge is 2.17. The molecular formula is C47H91NO3. The monoisotopic (exact) mass is 718 g/mol. The van der Waals surface area contributed by atoms with E-state index in [2.05, 4.69) is 31.3 Å². The third-order valence-electron chi connectivity index (χ3n) is 10.7. The molecule has 0 aliphatic carbocycles. The quantitative estimate of drug-likeness (QED) is 0.0435. The maximum Gasteiger partial charge on any atom is 0.220 e. The van der Waals surface area contributed by atoms with Crippen LogP contribution >= 0.6 is 0 Å². The summed E-state index contributed by atoms with van der Waals surface area (Å²) in [6.45, 7) is 4.32. The lowest BCUT2D eigenvalue weighted by Crippen LogP contribution is -2.45. The summed E-state index contributed by atoms with van der Waals surface area (Å²) in [5, 5.41) is 23.0. The second-order valence-electron chi connectivity index (χ2n) is 15.8. The van der Waals surface area contributed by atoms with Crippen LogP contribution in [0.25, 0.3) is 0 Å². The van der Waals surface area contributed by atoms with Gasteiger partial charge in [0.25, 0.3) is 0 Å². The van der Waals surface area contributed by atoms with Gasteiger partial charge in [-0.2, -0.15) is 0 Å². The Hall–Kier alpha value is -1.13. The van der Waals surface area contributed by atoms with Gasteiger partial charge in [0.2, 0.25) is 5.91 Å². The van der Waals surface area contributed by atoms with Crippen molar-refractivity contribution in [3.8, 4) is 0 Å². The number of allylic oxidation sites excluding steroid dienone is 3. The van der Waals surface area contributed by atoms with Crippen LogP contribution in [-0.2, 0) is 4.79 Å². The topological polar surface area (TPSA) is 69.6 Å². The van der Waals surface area contributed by atoms with E-state index in [-0.39, 0.29) is 12.5 Å². The predicted octanol–water partition coefficient (Wildman–Crippen LogP) is 14.4. The van der Waals surface area contributed by atoms with Crippen molar-refractivity contribution >= 4 is 5.91 Å². The average molecular weight is 718 g/mol. The van der Waals surface area contributed by atoms with Crippen LogP contribution in [0.3, 0.4) is 0 Å². The maximum atomic E-state index is 12.4. The minimum atomic E-state index is -0.840. The maximum absolute atomic E-state index is 12.4. The summed E-state index contributed by atoms with van der Waals surface area (Å²) in [7, 11) is 0. The molecule has 51 heavy (non-hydrogen) atoms. The van der Waals surface area contributed by atoms with E-state index in [1.807, 2.05) is 6.08 Å². The second-order valence-corrected chi connectivity index (χ2v) is 15.8. The van der Waals surface area contributed by atoms with E-state index in [1.165, 1.54) is 199 Å². The first-order valence-corrected chi connectivity index (χ1v) is 23.1. The highest BCUT2D eigenvalue weighted by Crippen LogP contribution is 2.16. The molecule has 0 aliphatic heterocycles. The van der Waals surface area contributed by atoms with E-state index in [4.69, 9.17) is 0 Å². The van der Waals surface area contributed by atoms with Gasteiger partial charge in [0.05, 0.1) is 18.8 Å². The molecule has 0 fully saturated rings. The molecule has 1 amide bonds. The van der Waals surface area contributed by atoms with Crippen LogP contribution in [0, 0.1) is 0 Å². The molecular weight excluding hydrogens is 627 g/mol. The zero-order valence-electron chi connectivity index (χ0n) is 34.6. The van der Waals surface area contributed by atoms with Gasteiger partial charge in [-0.1, -0.05) is 224 Å². The SMILES string of the molecule is CCCCCCCCCCC/C=C\CCCCCCCC(=O)NC(CO)C(O)/C=C/CCCCCCCCCCCCCCCCCCCCC. The third-order valence-corrected chi connectivity index (χ3v) is 10.7. The number of nitrogens with one attached hydrogen (secondary N) is 1. The molecule has 3 N–H and O–H groups in total. The summed E-state index contributed by atoms with van der Waals surface area (Å²) >= 11 is 0. The Morgan fingerprint density at radius 3 is 1.08 bits per heavy atom. The van der Waals surface area contributed by atoms with Gasteiger partial charge in [-0.15, -0.1) is 0 Å². The number of hydrogen-bond acceptors (Lipinski definition) is 3. The zero-order chi connectivity index (χ0) is 37.1. The standard InChI is InChI=1S/C47H91NO3/c1-3-5-7-9-11-13-15-17-19-21-23-24-25-26-28-30-32-34-36-38-40-42-46(50)45(44-49)48-47(51)43-41-39-37-35-33-31-29-27-22-20-18-16-14-12-10-8-6-4-2/h27,29,40,42,45-46,49-50H,3-26,28,30-39,41,43-44H2,1-2H3,(H,48,51)/b29-27-,42-40+. The average Bonchev–Trinajstić information content (AvgIpc) is 3.13. The van der Waals surface area contributed by atoms with Gasteiger partial charge in [-0.25, -0.2) is 0 Å². The van der Waals surface area contributed by atoms with E-state index in [0.29, 0.717) is 6.42 Å². The van der Waals surface area contributed by atoms with E-state index in [9.17, 15) is 15.0 Å². The third kappa shape index (κ3) is 39.9. The second kappa shape index (κ2) is 43.3. The largest absolute Gasteiger partial charge is 0.394 e. The Kier molecular flexibility index (Phi) is 42.3. The molecule has 4 heteroatoms. The summed E-state index contributed by atoms with van der Waals surface area (Å²) < 4.78 is 0. The fraction of sp³-hybridized carbons (Fsp3) is 0.894. The Labute approximate surface area is 319 Å². The number of rotatable bonds is 42. The van der Waals surface area contributed by atoms with Crippen LogP contribution in [0.2, 0.25) is 0 Å². The summed E-state index contributed by atoms with van der Waals surface area (Å²) in [6, 6.07) is -0.624. The van der Waals surface area contributed by atoms with Crippen LogP contribution in [0.1, 0.15) is 251 Å². The highest BCUT2D eigenvalue weighted by molar-refractivity contribution is 5.76. The van der Waals surface area contributed by atoms with Crippen molar-refractivity contribution in [2.75, 3.05) is 6.61 Å². The summed E-state index contributed by atoms with van der Waals surface area (Å²) in [6.07, 6.45) is 55.8. The van der Waals surface area contributed by atoms with Crippen LogP contribution in [-0.4, -0.2) is 34.9 Å². The van der Waals surface area contributed by atoms with Crippen molar-refractivity contribution in [1.29, 1.82) is 0 Å².